The predicted molar refractivity (Wildman–Crippen MR) is 63.3 cm³/mol. The Bertz CT molecular complexity index is 491. The average molecular weight is 217 g/mol. The van der Waals surface area contributed by atoms with Crippen molar-refractivity contribution in [2.45, 2.75) is 19.4 Å². The summed E-state index contributed by atoms with van der Waals surface area (Å²) in [7, 11) is 0. The third-order valence-electron chi connectivity index (χ3n) is 2.02. The van der Waals surface area contributed by atoms with Gasteiger partial charge in [-0.3, -0.25) is 0 Å². The number of hydrogen-bond acceptors (Lipinski definition) is 4. The number of para-hydroxylation sites is 2. The van der Waals surface area contributed by atoms with Gasteiger partial charge in [0.1, 0.15) is 6.61 Å². The van der Waals surface area contributed by atoms with E-state index in [-0.39, 0.29) is 5.54 Å². The maximum atomic E-state index is 5.82. The molecule has 0 spiro atoms. The van der Waals surface area contributed by atoms with Gasteiger partial charge in [0.25, 0.3) is 0 Å². The van der Waals surface area contributed by atoms with Gasteiger partial charge in [0.05, 0.1) is 17.2 Å². The number of nitrogens with zero attached hydrogens (tertiary/aromatic N) is 2. The zero-order chi connectivity index (χ0) is 11.6. The second-order valence-electron chi connectivity index (χ2n) is 4.47. The first-order chi connectivity index (χ1) is 7.54. The number of aromatic nitrogens is 2. The van der Waals surface area contributed by atoms with Crippen molar-refractivity contribution in [3.05, 3.63) is 30.5 Å². The molecule has 2 rings (SSSR count). The Kier molecular flexibility index (Phi) is 2.75. The minimum atomic E-state index is -0.368. The van der Waals surface area contributed by atoms with E-state index in [1.807, 2.05) is 38.1 Å². The SMILES string of the molecule is CC(C)(N)COc1cnc2ccccc2n1. The molecule has 0 aliphatic carbocycles. The molecule has 0 radical (unpaired) electrons. The van der Waals surface area contributed by atoms with E-state index in [1.54, 1.807) is 6.20 Å². The van der Waals surface area contributed by atoms with Crippen molar-refractivity contribution in [2.75, 3.05) is 6.61 Å². The molecule has 0 aliphatic heterocycles. The molecule has 0 aliphatic rings. The van der Waals surface area contributed by atoms with Crippen LogP contribution in [0.2, 0.25) is 0 Å². The lowest BCUT2D eigenvalue weighted by atomic mass is 10.1. The van der Waals surface area contributed by atoms with Gasteiger partial charge in [0.2, 0.25) is 5.88 Å². The summed E-state index contributed by atoms with van der Waals surface area (Å²) < 4.78 is 5.48. The van der Waals surface area contributed by atoms with Crippen LogP contribution in [0, 0.1) is 0 Å². The van der Waals surface area contributed by atoms with Crippen molar-refractivity contribution in [2.24, 2.45) is 5.73 Å². The number of ether oxygens (including phenoxy) is 1. The van der Waals surface area contributed by atoms with E-state index in [4.69, 9.17) is 10.5 Å². The van der Waals surface area contributed by atoms with Crippen LogP contribution in [-0.4, -0.2) is 22.1 Å². The third-order valence-corrected chi connectivity index (χ3v) is 2.02. The molecule has 0 saturated carbocycles. The van der Waals surface area contributed by atoms with Crippen LogP contribution in [0.1, 0.15) is 13.8 Å². The van der Waals surface area contributed by atoms with Crippen LogP contribution in [-0.2, 0) is 0 Å². The van der Waals surface area contributed by atoms with Crippen molar-refractivity contribution >= 4 is 11.0 Å². The lowest BCUT2D eigenvalue weighted by molar-refractivity contribution is 0.235. The molecule has 4 heteroatoms. The highest BCUT2D eigenvalue weighted by Crippen LogP contribution is 2.13. The fraction of sp³-hybridized carbons (Fsp3) is 0.333. The van der Waals surface area contributed by atoms with Gasteiger partial charge < -0.3 is 10.5 Å². The minimum absolute atomic E-state index is 0.368. The maximum Gasteiger partial charge on any atom is 0.232 e. The first-order valence-electron chi connectivity index (χ1n) is 5.18. The van der Waals surface area contributed by atoms with Crippen molar-refractivity contribution in [1.29, 1.82) is 0 Å². The zero-order valence-corrected chi connectivity index (χ0v) is 9.47. The highest BCUT2D eigenvalue weighted by Gasteiger charge is 2.12. The van der Waals surface area contributed by atoms with Gasteiger partial charge >= 0.3 is 0 Å². The van der Waals surface area contributed by atoms with E-state index < -0.39 is 0 Å². The van der Waals surface area contributed by atoms with Crippen molar-refractivity contribution in [3.8, 4) is 5.88 Å². The van der Waals surface area contributed by atoms with Crippen molar-refractivity contribution in [1.82, 2.24) is 9.97 Å². The van der Waals surface area contributed by atoms with E-state index in [1.165, 1.54) is 0 Å². The maximum absolute atomic E-state index is 5.82. The van der Waals surface area contributed by atoms with Crippen LogP contribution in [0.15, 0.2) is 30.5 Å². The van der Waals surface area contributed by atoms with Crippen LogP contribution in [0.4, 0.5) is 0 Å². The second-order valence-corrected chi connectivity index (χ2v) is 4.47. The van der Waals surface area contributed by atoms with Gasteiger partial charge in [0.15, 0.2) is 0 Å². The fourth-order valence-corrected chi connectivity index (χ4v) is 1.27. The topological polar surface area (TPSA) is 61.0 Å². The summed E-state index contributed by atoms with van der Waals surface area (Å²) >= 11 is 0. The summed E-state index contributed by atoms with van der Waals surface area (Å²) in [5.74, 6) is 0.511. The van der Waals surface area contributed by atoms with E-state index in [2.05, 4.69) is 9.97 Å². The molecule has 0 fully saturated rings. The molecule has 0 amide bonds. The highest BCUT2D eigenvalue weighted by molar-refractivity contribution is 5.73. The number of nitrogens with two attached hydrogens (primary N) is 1. The number of hydrogen-bond donors (Lipinski definition) is 1. The average Bonchev–Trinajstić information content (AvgIpc) is 2.25. The molecule has 1 aromatic carbocycles. The molecule has 1 aromatic heterocycles. The van der Waals surface area contributed by atoms with Gasteiger partial charge in [0, 0.05) is 5.54 Å². The Morgan fingerprint density at radius 3 is 2.62 bits per heavy atom. The predicted octanol–water partition coefficient (Wildman–Crippen LogP) is 1.75. The van der Waals surface area contributed by atoms with E-state index >= 15 is 0 Å². The summed E-state index contributed by atoms with van der Waals surface area (Å²) in [6, 6.07) is 7.68. The summed E-state index contributed by atoms with van der Waals surface area (Å²) in [6.07, 6.45) is 1.62. The molecule has 0 saturated heterocycles. The molecule has 0 unspecified atom stereocenters. The molecule has 1 heterocycles. The van der Waals surface area contributed by atoms with Gasteiger partial charge in [-0.2, -0.15) is 0 Å². The Labute approximate surface area is 94.5 Å². The zero-order valence-electron chi connectivity index (χ0n) is 9.47. The van der Waals surface area contributed by atoms with Gasteiger partial charge in [-0.25, -0.2) is 9.97 Å². The van der Waals surface area contributed by atoms with Crippen molar-refractivity contribution in [3.63, 3.8) is 0 Å². The summed E-state index contributed by atoms with van der Waals surface area (Å²) in [5, 5.41) is 0. The lowest BCUT2D eigenvalue weighted by Gasteiger charge is -2.18. The Morgan fingerprint density at radius 1 is 1.25 bits per heavy atom. The molecule has 0 atom stereocenters. The minimum Gasteiger partial charge on any atom is -0.475 e. The van der Waals surface area contributed by atoms with Gasteiger partial charge in [-0.15, -0.1) is 0 Å². The molecule has 84 valence electrons. The number of benzene rings is 1. The largest absolute Gasteiger partial charge is 0.475 e. The summed E-state index contributed by atoms with van der Waals surface area (Å²) in [5.41, 5.74) is 7.15. The first-order valence-corrected chi connectivity index (χ1v) is 5.18. The standard InChI is InChI=1S/C12H15N3O/c1-12(2,13)8-16-11-7-14-9-5-3-4-6-10(9)15-11/h3-7H,8,13H2,1-2H3. The molecule has 0 bridgehead atoms. The monoisotopic (exact) mass is 217 g/mol. The smallest absolute Gasteiger partial charge is 0.232 e. The Hall–Kier alpha value is -1.68. The third kappa shape index (κ3) is 2.67. The van der Waals surface area contributed by atoms with Crippen LogP contribution in [0.3, 0.4) is 0 Å². The number of fused-ring (bicyclic) bond motifs is 1. The Balaban J connectivity index is 2.20. The van der Waals surface area contributed by atoms with Crippen LogP contribution >= 0.6 is 0 Å². The van der Waals surface area contributed by atoms with Crippen molar-refractivity contribution < 1.29 is 4.74 Å². The molecule has 2 aromatic rings. The lowest BCUT2D eigenvalue weighted by Crippen LogP contribution is -2.38. The fourth-order valence-electron chi connectivity index (χ4n) is 1.27. The molecule has 2 N–H and O–H groups in total. The summed E-state index contributed by atoms with van der Waals surface area (Å²) in [6.45, 7) is 4.23. The molecule has 4 nitrogen and oxygen atoms in total. The number of rotatable bonds is 3. The van der Waals surface area contributed by atoms with Crippen LogP contribution in [0.25, 0.3) is 11.0 Å². The van der Waals surface area contributed by atoms with Crippen LogP contribution in [0.5, 0.6) is 5.88 Å². The Morgan fingerprint density at radius 2 is 1.94 bits per heavy atom. The summed E-state index contributed by atoms with van der Waals surface area (Å²) in [4.78, 5) is 8.59. The van der Waals surface area contributed by atoms with E-state index in [9.17, 15) is 0 Å². The van der Waals surface area contributed by atoms with E-state index in [0.29, 0.717) is 12.5 Å². The highest BCUT2D eigenvalue weighted by atomic mass is 16.5. The van der Waals surface area contributed by atoms with Gasteiger partial charge in [-0.1, -0.05) is 12.1 Å². The normalized spacial score (nSPS) is 11.7. The molecular weight excluding hydrogens is 202 g/mol. The van der Waals surface area contributed by atoms with Gasteiger partial charge in [-0.05, 0) is 26.0 Å². The molecule has 16 heavy (non-hydrogen) atoms. The molecular formula is C12H15N3O. The first kappa shape index (κ1) is 10.8. The quantitative estimate of drug-likeness (QED) is 0.850. The van der Waals surface area contributed by atoms with Crippen LogP contribution < -0.4 is 10.5 Å². The second kappa shape index (κ2) is 4.06. The van der Waals surface area contributed by atoms with E-state index in [0.717, 1.165) is 11.0 Å².